The second-order valence-electron chi connectivity index (χ2n) is 1.37. The molecule has 20 heavy (non-hydrogen) atoms. The van der Waals surface area contributed by atoms with Crippen LogP contribution in [0.5, 0.6) is 0 Å². The van der Waals surface area contributed by atoms with Crippen LogP contribution in [0.3, 0.4) is 0 Å². The quantitative estimate of drug-likeness (QED) is 0.299. The maximum Gasteiger partial charge on any atom is 2.00 e. The second-order valence-corrected chi connectivity index (χ2v) is 1.37. The molecule has 0 unspecified atom stereocenters. The number of hydrogen-bond donors (Lipinski definition) is 0. The summed E-state index contributed by atoms with van der Waals surface area (Å²) in [5.74, 6) is 0. The van der Waals surface area contributed by atoms with Gasteiger partial charge in [0.2, 0.25) is 0 Å². The van der Waals surface area contributed by atoms with E-state index >= 15 is 0 Å². The first-order valence-corrected chi connectivity index (χ1v) is 5.51. The van der Waals surface area contributed by atoms with Crippen LogP contribution in [0.25, 0.3) is 0 Å². The molecular weight excluding hydrogens is 376 g/mol. The molecule has 0 amide bonds. The van der Waals surface area contributed by atoms with Crippen molar-refractivity contribution in [3.8, 4) is 0 Å². The average molecular weight is 384 g/mol. The summed E-state index contributed by atoms with van der Waals surface area (Å²) in [5, 5.41) is 0. The van der Waals surface area contributed by atoms with Crippen LogP contribution in [0.15, 0.2) is 12.1 Å². The molecular formula is C14H8Fe2O2S2-8. The summed E-state index contributed by atoms with van der Waals surface area (Å²) in [6, 6.07) is 24.0. The third-order valence-electron chi connectivity index (χ3n) is 0.702. The van der Waals surface area contributed by atoms with Crippen molar-refractivity contribution in [3.05, 3.63) is 74.0 Å². The maximum absolute atomic E-state index is 7.50. The molecule has 112 valence electrons. The zero-order valence-electron chi connectivity index (χ0n) is 10.5. The van der Waals surface area contributed by atoms with Gasteiger partial charge in [-0.05, 0) is 0 Å². The van der Waals surface area contributed by atoms with Crippen LogP contribution in [0.2, 0.25) is 0 Å². The molecule has 2 aromatic carbocycles. The SMILES string of the molecule is C[S-].C[S-].[C-]#[O+].[C-]#[O+].[Fe+2].[Fe+2].[c-]1[c-][c-][cH-][c-]1.[c-]1[c-][c-][cH-][c-]1. The van der Waals surface area contributed by atoms with E-state index in [1.807, 2.05) is 0 Å². The van der Waals surface area contributed by atoms with Crippen molar-refractivity contribution < 1.29 is 43.4 Å². The molecule has 2 rings (SSSR count). The van der Waals surface area contributed by atoms with Gasteiger partial charge < -0.3 is 85.9 Å². The third kappa shape index (κ3) is 52.1. The summed E-state index contributed by atoms with van der Waals surface area (Å²) in [7, 11) is 0. The topological polar surface area (TPSA) is 39.8 Å². The van der Waals surface area contributed by atoms with Gasteiger partial charge in [-0.1, -0.05) is 0 Å². The molecule has 0 radical (unpaired) electrons. The molecule has 6 heteroatoms. The number of hydrogen-bond acceptors (Lipinski definition) is 2. The van der Waals surface area contributed by atoms with Crippen LogP contribution in [0.4, 0.5) is 0 Å². The second kappa shape index (κ2) is 61.7. The Labute approximate surface area is 154 Å². The van der Waals surface area contributed by atoms with Gasteiger partial charge in [-0.15, -0.1) is 0 Å². The van der Waals surface area contributed by atoms with Gasteiger partial charge in [0.1, 0.15) is 0 Å². The largest absolute Gasteiger partial charge is 2.00 e. The summed E-state index contributed by atoms with van der Waals surface area (Å²) in [6.07, 6.45) is 3.17. The average Bonchev–Trinajstić information content (AvgIpc) is 3.25. The van der Waals surface area contributed by atoms with Gasteiger partial charge in [0.15, 0.2) is 0 Å². The zero-order chi connectivity index (χ0) is 15.1. The Morgan fingerprint density at radius 1 is 0.600 bits per heavy atom. The summed E-state index contributed by atoms with van der Waals surface area (Å²) >= 11 is 8.17. The minimum atomic E-state index is 0. The van der Waals surface area contributed by atoms with Crippen LogP contribution in [-0.4, -0.2) is 12.5 Å². The van der Waals surface area contributed by atoms with E-state index in [9.17, 15) is 0 Å². The minimum absolute atomic E-state index is 0. The van der Waals surface area contributed by atoms with Gasteiger partial charge in [0, 0.05) is 0 Å². The monoisotopic (exact) mass is 384 g/mol. The molecule has 0 heterocycles. The van der Waals surface area contributed by atoms with Gasteiger partial charge in [0.05, 0.1) is 0 Å². The molecule has 0 aliphatic carbocycles. The summed E-state index contributed by atoms with van der Waals surface area (Å²) in [4.78, 5) is 0. The van der Waals surface area contributed by atoms with E-state index in [4.69, 9.17) is 9.30 Å². The first-order chi connectivity index (χ1) is 9.00. The van der Waals surface area contributed by atoms with E-state index in [1.54, 1.807) is 24.6 Å². The molecule has 0 saturated heterocycles. The molecule has 0 spiro atoms. The van der Waals surface area contributed by atoms with Crippen LogP contribution in [0, 0.1) is 61.8 Å². The van der Waals surface area contributed by atoms with Gasteiger partial charge in [0.25, 0.3) is 0 Å². The van der Waals surface area contributed by atoms with Crippen molar-refractivity contribution in [2.75, 3.05) is 12.5 Å². The molecule has 0 aliphatic rings. The van der Waals surface area contributed by atoms with E-state index < -0.39 is 0 Å². The van der Waals surface area contributed by atoms with Crippen LogP contribution in [-0.2, 0) is 68.7 Å². The smallest absolute Gasteiger partial charge is 0.999 e. The van der Waals surface area contributed by atoms with Crippen LogP contribution < -0.4 is 0 Å². The Hall–Kier alpha value is -0.0810. The van der Waals surface area contributed by atoms with Crippen molar-refractivity contribution in [2.45, 2.75) is 0 Å². The molecule has 0 saturated carbocycles. The standard InChI is InChI=1S/2C5H.2CO.2CH4S.2Fe/c2*1-2-4-5-3-1;4*1-2;;/h2*1H;;;2*2H,1H3;;/q2*-5;;;;;2*+2/p-2. The molecule has 0 aromatic heterocycles. The van der Waals surface area contributed by atoms with E-state index in [0.29, 0.717) is 0 Å². The van der Waals surface area contributed by atoms with Gasteiger partial charge in [-0.25, -0.2) is 0 Å². The molecule has 2 nitrogen and oxygen atoms in total. The van der Waals surface area contributed by atoms with Crippen molar-refractivity contribution in [1.29, 1.82) is 0 Å². The molecule has 0 atom stereocenters. The fraction of sp³-hybridized carbons (Fsp3) is 0.143. The van der Waals surface area contributed by atoms with Gasteiger partial charge >= 0.3 is 56.7 Å². The van der Waals surface area contributed by atoms with Crippen molar-refractivity contribution in [1.82, 2.24) is 0 Å². The van der Waals surface area contributed by atoms with Crippen molar-refractivity contribution in [3.63, 3.8) is 0 Å². The predicted molar refractivity (Wildman–Crippen MR) is 69.2 cm³/mol. The Morgan fingerprint density at radius 3 is 0.800 bits per heavy atom. The molecule has 0 bridgehead atoms. The molecule has 0 aliphatic heterocycles. The number of rotatable bonds is 0. The van der Waals surface area contributed by atoms with Crippen molar-refractivity contribution in [2.24, 2.45) is 0 Å². The van der Waals surface area contributed by atoms with E-state index in [2.05, 4.69) is 87.1 Å². The predicted octanol–water partition coefficient (Wildman–Crippen LogP) is 1.46. The summed E-state index contributed by atoms with van der Waals surface area (Å²) < 4.78 is 15.0. The van der Waals surface area contributed by atoms with Crippen LogP contribution in [0.1, 0.15) is 0 Å². The van der Waals surface area contributed by atoms with Gasteiger partial charge in [-0.3, -0.25) is 0 Å². The normalized spacial score (nSPS) is 4.80. The van der Waals surface area contributed by atoms with Gasteiger partial charge in [-0.2, -0.15) is 12.5 Å². The third-order valence-corrected chi connectivity index (χ3v) is 0.702. The Kier molecular flexibility index (Phi) is 114. The fourth-order valence-electron chi connectivity index (χ4n) is 0.361. The molecule has 0 fully saturated rings. The van der Waals surface area contributed by atoms with Crippen LogP contribution >= 0.6 is 0 Å². The van der Waals surface area contributed by atoms with Crippen molar-refractivity contribution >= 4 is 25.3 Å². The molecule has 0 N–H and O–H groups in total. The maximum atomic E-state index is 7.50. The Bertz CT molecular complexity index is 227. The Balaban J connectivity index is -0.0000000311. The van der Waals surface area contributed by atoms with E-state index in [0.717, 1.165) is 0 Å². The summed E-state index contributed by atoms with van der Waals surface area (Å²) in [6.45, 7) is 9.00. The summed E-state index contributed by atoms with van der Waals surface area (Å²) in [5.41, 5.74) is 0. The first-order valence-electron chi connectivity index (χ1n) is 3.88. The molecule has 2 aromatic rings. The van der Waals surface area contributed by atoms with E-state index in [1.165, 1.54) is 0 Å². The fourth-order valence-corrected chi connectivity index (χ4v) is 0.361. The first kappa shape index (κ1) is 36.8. The minimum Gasteiger partial charge on any atom is -0.999 e. The zero-order valence-corrected chi connectivity index (χ0v) is 14.3. The van der Waals surface area contributed by atoms with E-state index in [-0.39, 0.29) is 34.1 Å². The Morgan fingerprint density at radius 2 is 0.750 bits per heavy atom.